The molecule has 1 aliphatic heterocycles. The third-order valence-corrected chi connectivity index (χ3v) is 10.6. The Kier molecular flexibility index (Phi) is 8.18. The van der Waals surface area contributed by atoms with Crippen molar-refractivity contribution in [3.63, 3.8) is 0 Å². The SMILES string of the molecule is CCCCN(CC(=O)N1CCc2sccc2C1c1ccc(C(C)(C)C)cc1)S(=O)(=O)c1ccc2ccccc2c1. The number of carbonyl (C=O) groups is 1. The molecule has 1 unspecified atom stereocenters. The second-order valence-electron chi connectivity index (χ2n) is 11.6. The van der Waals surface area contributed by atoms with Crippen LogP contribution in [0.3, 0.4) is 0 Å². The van der Waals surface area contributed by atoms with Crippen LogP contribution in [0.4, 0.5) is 0 Å². The third-order valence-electron chi connectivity index (χ3n) is 7.81. The van der Waals surface area contributed by atoms with Gasteiger partial charge >= 0.3 is 0 Å². The number of benzene rings is 3. The Bertz CT molecular complexity index is 1600. The molecule has 0 spiro atoms. The average molecular weight is 575 g/mol. The molecule has 0 N–H and O–H groups in total. The third kappa shape index (κ3) is 5.73. The molecule has 1 atom stereocenters. The fraction of sp³-hybridized carbons (Fsp3) is 0.364. The minimum atomic E-state index is -3.86. The van der Waals surface area contributed by atoms with Gasteiger partial charge in [0.05, 0.1) is 17.5 Å². The zero-order valence-corrected chi connectivity index (χ0v) is 25.4. The molecule has 0 fully saturated rings. The molecule has 1 amide bonds. The number of unbranched alkanes of at least 4 members (excludes halogenated alkanes) is 1. The van der Waals surface area contributed by atoms with E-state index in [0.717, 1.165) is 34.7 Å². The first-order valence-electron chi connectivity index (χ1n) is 14.0. The van der Waals surface area contributed by atoms with Crippen molar-refractivity contribution in [2.75, 3.05) is 19.6 Å². The molecule has 2 heterocycles. The number of carbonyl (C=O) groups excluding carboxylic acids is 1. The highest BCUT2D eigenvalue weighted by molar-refractivity contribution is 7.89. The zero-order valence-electron chi connectivity index (χ0n) is 23.8. The lowest BCUT2D eigenvalue weighted by molar-refractivity contribution is -0.133. The largest absolute Gasteiger partial charge is 0.330 e. The predicted octanol–water partition coefficient (Wildman–Crippen LogP) is 7.16. The number of amides is 1. The summed E-state index contributed by atoms with van der Waals surface area (Å²) in [7, 11) is -3.86. The van der Waals surface area contributed by atoms with Crippen molar-refractivity contribution in [1.82, 2.24) is 9.21 Å². The summed E-state index contributed by atoms with van der Waals surface area (Å²) in [5, 5.41) is 3.94. The molecule has 1 aromatic heterocycles. The van der Waals surface area contributed by atoms with E-state index in [4.69, 9.17) is 0 Å². The Labute approximate surface area is 242 Å². The molecule has 1 aliphatic rings. The maximum Gasteiger partial charge on any atom is 0.243 e. The Morgan fingerprint density at radius 1 is 1.00 bits per heavy atom. The molecule has 0 saturated carbocycles. The van der Waals surface area contributed by atoms with Gasteiger partial charge in [0.2, 0.25) is 15.9 Å². The summed E-state index contributed by atoms with van der Waals surface area (Å²) in [6.45, 7) is 9.30. The number of rotatable bonds is 8. The Morgan fingerprint density at radius 3 is 2.42 bits per heavy atom. The van der Waals surface area contributed by atoms with Gasteiger partial charge in [-0.1, -0.05) is 88.7 Å². The molecule has 0 radical (unpaired) electrons. The Hall–Kier alpha value is -3.00. The minimum Gasteiger partial charge on any atom is -0.330 e. The molecule has 4 aromatic rings. The summed E-state index contributed by atoms with van der Waals surface area (Å²) in [5.41, 5.74) is 3.47. The van der Waals surface area contributed by atoms with Crippen LogP contribution in [-0.4, -0.2) is 43.2 Å². The van der Waals surface area contributed by atoms with E-state index >= 15 is 0 Å². The molecule has 0 aliphatic carbocycles. The lowest BCUT2D eigenvalue weighted by Crippen LogP contribution is -2.47. The first-order valence-corrected chi connectivity index (χ1v) is 16.4. The van der Waals surface area contributed by atoms with E-state index in [1.54, 1.807) is 23.5 Å². The maximum atomic E-state index is 14.0. The van der Waals surface area contributed by atoms with Crippen LogP contribution in [0.2, 0.25) is 0 Å². The van der Waals surface area contributed by atoms with Crippen LogP contribution in [0.15, 0.2) is 83.1 Å². The number of sulfonamides is 1. The highest BCUT2D eigenvalue weighted by Gasteiger charge is 2.35. The van der Waals surface area contributed by atoms with Gasteiger partial charge in [-0.2, -0.15) is 4.31 Å². The van der Waals surface area contributed by atoms with Crippen molar-refractivity contribution in [1.29, 1.82) is 0 Å². The monoisotopic (exact) mass is 574 g/mol. The molecule has 210 valence electrons. The number of hydrogen-bond acceptors (Lipinski definition) is 4. The first kappa shape index (κ1) is 28.5. The highest BCUT2D eigenvalue weighted by Crippen LogP contribution is 2.38. The molecule has 0 saturated heterocycles. The number of hydrogen-bond donors (Lipinski definition) is 0. The van der Waals surface area contributed by atoms with Crippen molar-refractivity contribution in [2.45, 2.75) is 63.3 Å². The van der Waals surface area contributed by atoms with E-state index in [0.29, 0.717) is 19.5 Å². The molecular weight excluding hydrogens is 537 g/mol. The van der Waals surface area contributed by atoms with Crippen molar-refractivity contribution in [3.8, 4) is 0 Å². The van der Waals surface area contributed by atoms with Crippen molar-refractivity contribution in [2.24, 2.45) is 0 Å². The van der Waals surface area contributed by atoms with Gasteiger partial charge in [-0.05, 0) is 69.3 Å². The van der Waals surface area contributed by atoms with Gasteiger partial charge < -0.3 is 4.90 Å². The van der Waals surface area contributed by atoms with Crippen LogP contribution in [0.5, 0.6) is 0 Å². The fourth-order valence-corrected chi connectivity index (χ4v) is 7.81. The quantitative estimate of drug-likeness (QED) is 0.224. The normalized spacial score (nSPS) is 15.9. The van der Waals surface area contributed by atoms with E-state index in [9.17, 15) is 13.2 Å². The minimum absolute atomic E-state index is 0.0328. The summed E-state index contributed by atoms with van der Waals surface area (Å²) in [4.78, 5) is 17.4. The van der Waals surface area contributed by atoms with E-state index in [-0.39, 0.29) is 28.8 Å². The van der Waals surface area contributed by atoms with Crippen molar-refractivity contribution >= 4 is 38.0 Å². The molecule has 5 nitrogen and oxygen atoms in total. The summed E-state index contributed by atoms with van der Waals surface area (Å²) in [5.74, 6) is -0.165. The predicted molar refractivity (Wildman–Crippen MR) is 164 cm³/mol. The van der Waals surface area contributed by atoms with E-state index in [1.807, 2.05) is 42.2 Å². The van der Waals surface area contributed by atoms with Gasteiger partial charge in [0, 0.05) is 18.0 Å². The summed E-state index contributed by atoms with van der Waals surface area (Å²) >= 11 is 1.73. The lowest BCUT2D eigenvalue weighted by atomic mass is 9.85. The summed E-state index contributed by atoms with van der Waals surface area (Å²) in [6, 6.07) is 23.4. The van der Waals surface area contributed by atoms with Gasteiger partial charge in [-0.3, -0.25) is 4.79 Å². The van der Waals surface area contributed by atoms with E-state index in [2.05, 4.69) is 56.5 Å². The number of fused-ring (bicyclic) bond motifs is 2. The molecule has 3 aromatic carbocycles. The molecule has 7 heteroatoms. The second kappa shape index (κ2) is 11.5. The maximum absolute atomic E-state index is 14.0. The van der Waals surface area contributed by atoms with Crippen LogP contribution in [-0.2, 0) is 26.7 Å². The van der Waals surface area contributed by atoms with Crippen LogP contribution < -0.4 is 0 Å². The number of thiophene rings is 1. The fourth-order valence-electron chi connectivity index (χ4n) is 5.45. The van der Waals surface area contributed by atoms with Crippen LogP contribution in [0.25, 0.3) is 10.8 Å². The van der Waals surface area contributed by atoms with E-state index < -0.39 is 10.0 Å². The van der Waals surface area contributed by atoms with Gasteiger partial charge in [0.25, 0.3) is 0 Å². The first-order chi connectivity index (χ1) is 19.1. The van der Waals surface area contributed by atoms with Gasteiger partial charge in [0.1, 0.15) is 0 Å². The molecular formula is C33H38N2O3S2. The summed E-state index contributed by atoms with van der Waals surface area (Å²) < 4.78 is 29.2. The van der Waals surface area contributed by atoms with Crippen LogP contribution in [0, 0.1) is 0 Å². The highest BCUT2D eigenvalue weighted by atomic mass is 32.2. The van der Waals surface area contributed by atoms with Gasteiger partial charge in [-0.25, -0.2) is 8.42 Å². The average Bonchev–Trinajstić information content (AvgIpc) is 3.43. The number of nitrogens with zero attached hydrogens (tertiary/aromatic N) is 2. The van der Waals surface area contributed by atoms with Crippen molar-refractivity contribution in [3.05, 3.63) is 99.7 Å². The Balaban J connectivity index is 1.46. The van der Waals surface area contributed by atoms with Gasteiger partial charge in [0.15, 0.2) is 0 Å². The Morgan fingerprint density at radius 2 is 1.73 bits per heavy atom. The van der Waals surface area contributed by atoms with Crippen LogP contribution >= 0.6 is 11.3 Å². The van der Waals surface area contributed by atoms with Crippen LogP contribution in [0.1, 0.15) is 68.1 Å². The standard InChI is InChI=1S/C33H38N2O3S2/c1-5-6-19-34(40(37,38)28-16-13-24-9-7-8-10-26(24)22-28)23-31(36)35-20-17-30-29(18-21-39-30)32(35)25-11-14-27(15-12-25)33(2,3)4/h7-16,18,21-22,32H,5-6,17,19-20,23H2,1-4H3. The van der Waals surface area contributed by atoms with Gasteiger partial charge in [-0.15, -0.1) is 11.3 Å². The lowest BCUT2D eigenvalue weighted by Gasteiger charge is -2.37. The molecule has 40 heavy (non-hydrogen) atoms. The second-order valence-corrected chi connectivity index (χ2v) is 14.6. The smallest absolute Gasteiger partial charge is 0.243 e. The molecule has 5 rings (SSSR count). The molecule has 0 bridgehead atoms. The van der Waals surface area contributed by atoms with Crippen molar-refractivity contribution < 1.29 is 13.2 Å². The van der Waals surface area contributed by atoms with E-state index in [1.165, 1.54) is 14.7 Å². The summed E-state index contributed by atoms with van der Waals surface area (Å²) in [6.07, 6.45) is 2.30. The zero-order chi connectivity index (χ0) is 28.5. The topological polar surface area (TPSA) is 57.7 Å².